The van der Waals surface area contributed by atoms with Crippen LogP contribution in [-0.4, -0.2) is 20.0 Å². The first-order valence-corrected chi connectivity index (χ1v) is 8.61. The summed E-state index contributed by atoms with van der Waals surface area (Å²) in [6, 6.07) is 11.5. The van der Waals surface area contributed by atoms with Crippen molar-refractivity contribution in [3.05, 3.63) is 64.4 Å². The fourth-order valence-electron chi connectivity index (χ4n) is 1.81. The first-order valence-electron chi connectivity index (χ1n) is 6.16. The zero-order chi connectivity index (χ0) is 15.5. The Morgan fingerprint density at radius 1 is 1.05 bits per heavy atom. The average Bonchev–Trinajstić information content (AvgIpc) is 2.46. The Balaban J connectivity index is 2.10. The summed E-state index contributed by atoms with van der Waals surface area (Å²) in [6.45, 7) is 0. The zero-order valence-electron chi connectivity index (χ0n) is 10.9. The van der Waals surface area contributed by atoms with Gasteiger partial charge in [0.25, 0.3) is 0 Å². The number of ketones is 1. The van der Waals surface area contributed by atoms with Crippen LogP contribution in [0.2, 0.25) is 0 Å². The third-order valence-electron chi connectivity index (χ3n) is 2.94. The van der Waals surface area contributed by atoms with Crippen LogP contribution in [-0.2, 0) is 9.84 Å². The predicted octanol–water partition coefficient (Wildman–Crippen LogP) is 3.63. The Hall–Kier alpha value is -1.53. The maximum Gasteiger partial charge on any atom is 0.179 e. The summed E-state index contributed by atoms with van der Waals surface area (Å²) in [7, 11) is -3.54. The topological polar surface area (TPSA) is 51.2 Å². The van der Waals surface area contributed by atoms with E-state index >= 15 is 0 Å². The normalized spacial score (nSPS) is 11.3. The largest absolute Gasteiger partial charge is 0.294 e. The minimum absolute atomic E-state index is 0.144. The smallest absolute Gasteiger partial charge is 0.179 e. The number of carbonyl (C=O) groups is 1. The van der Waals surface area contributed by atoms with Crippen LogP contribution >= 0.6 is 15.9 Å². The van der Waals surface area contributed by atoms with Gasteiger partial charge in [-0.05, 0) is 52.3 Å². The molecule has 0 unspecified atom stereocenters. The molecule has 0 spiro atoms. The van der Waals surface area contributed by atoms with E-state index in [1.165, 1.54) is 30.3 Å². The molecule has 2 aromatic carbocycles. The lowest BCUT2D eigenvalue weighted by atomic mass is 10.1. The second kappa shape index (κ2) is 6.49. The van der Waals surface area contributed by atoms with Gasteiger partial charge in [0, 0.05) is 16.5 Å². The fourth-order valence-corrected chi connectivity index (χ4v) is 4.16. The van der Waals surface area contributed by atoms with E-state index in [0.29, 0.717) is 10.0 Å². The number of hydrogen-bond donors (Lipinski definition) is 0. The van der Waals surface area contributed by atoms with Crippen LogP contribution in [0.3, 0.4) is 0 Å². The van der Waals surface area contributed by atoms with Crippen molar-refractivity contribution in [1.29, 1.82) is 0 Å². The highest BCUT2D eigenvalue weighted by Gasteiger charge is 2.19. The van der Waals surface area contributed by atoms with Gasteiger partial charge in [-0.2, -0.15) is 0 Å². The lowest BCUT2D eigenvalue weighted by Crippen LogP contribution is -2.12. The second-order valence-corrected chi connectivity index (χ2v) is 7.36. The minimum Gasteiger partial charge on any atom is -0.294 e. The quantitative estimate of drug-likeness (QED) is 0.755. The Bertz CT molecular complexity index is 755. The van der Waals surface area contributed by atoms with E-state index in [1.807, 2.05) is 0 Å². The number of carbonyl (C=O) groups excluding carboxylic acids is 1. The van der Waals surface area contributed by atoms with Crippen LogP contribution in [0.5, 0.6) is 0 Å². The Kier molecular flexibility index (Phi) is 4.90. The summed E-state index contributed by atoms with van der Waals surface area (Å²) in [6.07, 6.45) is -0.144. The molecule has 0 saturated heterocycles. The van der Waals surface area contributed by atoms with Crippen molar-refractivity contribution in [2.24, 2.45) is 0 Å². The van der Waals surface area contributed by atoms with Gasteiger partial charge in [-0.25, -0.2) is 12.8 Å². The summed E-state index contributed by atoms with van der Waals surface area (Å²) < 4.78 is 37.7. The van der Waals surface area contributed by atoms with Gasteiger partial charge in [0.1, 0.15) is 5.82 Å². The van der Waals surface area contributed by atoms with Crippen LogP contribution < -0.4 is 0 Å². The van der Waals surface area contributed by atoms with Gasteiger partial charge in [0.2, 0.25) is 0 Å². The molecule has 0 aliphatic carbocycles. The van der Waals surface area contributed by atoms with Crippen molar-refractivity contribution >= 4 is 31.6 Å². The lowest BCUT2D eigenvalue weighted by Gasteiger charge is -2.06. The molecule has 0 amide bonds. The maximum atomic E-state index is 12.8. The molecule has 2 aromatic rings. The monoisotopic (exact) mass is 370 g/mol. The van der Waals surface area contributed by atoms with E-state index in [0.717, 1.165) is 0 Å². The highest BCUT2D eigenvalue weighted by molar-refractivity contribution is 9.10. The molecule has 0 bridgehead atoms. The highest BCUT2D eigenvalue weighted by Crippen LogP contribution is 2.23. The van der Waals surface area contributed by atoms with E-state index in [-0.39, 0.29) is 22.9 Å². The highest BCUT2D eigenvalue weighted by atomic mass is 79.9. The molecule has 6 heteroatoms. The molecular formula is C15H12BrFO3S. The summed E-state index contributed by atoms with van der Waals surface area (Å²) in [5, 5.41) is 0. The molecule has 0 heterocycles. The molecule has 21 heavy (non-hydrogen) atoms. The van der Waals surface area contributed by atoms with Gasteiger partial charge in [-0.1, -0.05) is 12.1 Å². The first-order chi connectivity index (χ1) is 9.90. The molecule has 0 saturated carbocycles. The Labute approximate surface area is 130 Å². The fraction of sp³-hybridized carbons (Fsp3) is 0.133. The standard InChI is InChI=1S/C15H12BrFO3S/c16-13-3-1-2-4-15(13)21(19,20)10-9-14(18)11-5-7-12(17)8-6-11/h1-8H,9-10H2. The minimum atomic E-state index is -3.54. The van der Waals surface area contributed by atoms with Crippen LogP contribution in [0, 0.1) is 5.82 Å². The van der Waals surface area contributed by atoms with Crippen LogP contribution in [0.4, 0.5) is 4.39 Å². The van der Waals surface area contributed by atoms with E-state index in [9.17, 15) is 17.6 Å². The molecule has 110 valence electrons. The average molecular weight is 371 g/mol. The zero-order valence-corrected chi connectivity index (χ0v) is 13.3. The SMILES string of the molecule is O=C(CCS(=O)(=O)c1ccccc1Br)c1ccc(F)cc1. The van der Waals surface area contributed by atoms with Crippen LogP contribution in [0.25, 0.3) is 0 Å². The molecule has 0 fully saturated rings. The summed E-state index contributed by atoms with van der Waals surface area (Å²) in [5.41, 5.74) is 0.304. The van der Waals surface area contributed by atoms with Crippen molar-refractivity contribution in [1.82, 2.24) is 0 Å². The molecule has 0 aliphatic heterocycles. The van der Waals surface area contributed by atoms with Crippen LogP contribution in [0.15, 0.2) is 57.9 Å². The van der Waals surface area contributed by atoms with Crippen molar-refractivity contribution in [3.63, 3.8) is 0 Å². The number of halogens is 2. The summed E-state index contributed by atoms with van der Waals surface area (Å²) >= 11 is 3.19. The van der Waals surface area contributed by atoms with E-state index < -0.39 is 15.7 Å². The van der Waals surface area contributed by atoms with Gasteiger partial charge < -0.3 is 0 Å². The third-order valence-corrected chi connectivity index (χ3v) is 5.66. The molecule has 3 nitrogen and oxygen atoms in total. The van der Waals surface area contributed by atoms with E-state index in [2.05, 4.69) is 15.9 Å². The van der Waals surface area contributed by atoms with E-state index in [1.54, 1.807) is 18.2 Å². The van der Waals surface area contributed by atoms with E-state index in [4.69, 9.17) is 0 Å². The van der Waals surface area contributed by atoms with Crippen molar-refractivity contribution in [2.75, 3.05) is 5.75 Å². The number of hydrogen-bond acceptors (Lipinski definition) is 3. The van der Waals surface area contributed by atoms with Gasteiger partial charge in [0.05, 0.1) is 10.6 Å². The summed E-state index contributed by atoms with van der Waals surface area (Å²) in [5.74, 6) is -1.05. The Morgan fingerprint density at radius 3 is 2.29 bits per heavy atom. The van der Waals surface area contributed by atoms with Gasteiger partial charge in [-0.15, -0.1) is 0 Å². The van der Waals surface area contributed by atoms with Gasteiger partial charge in [0.15, 0.2) is 15.6 Å². The second-order valence-electron chi connectivity index (χ2n) is 4.43. The lowest BCUT2D eigenvalue weighted by molar-refractivity contribution is 0.0988. The maximum absolute atomic E-state index is 12.8. The summed E-state index contributed by atoms with van der Waals surface area (Å²) in [4.78, 5) is 12.1. The molecule has 0 radical (unpaired) electrons. The Morgan fingerprint density at radius 2 is 1.67 bits per heavy atom. The molecule has 0 atom stereocenters. The predicted molar refractivity (Wildman–Crippen MR) is 81.5 cm³/mol. The van der Waals surface area contributed by atoms with Crippen molar-refractivity contribution < 1.29 is 17.6 Å². The van der Waals surface area contributed by atoms with Crippen molar-refractivity contribution in [3.8, 4) is 0 Å². The van der Waals surface area contributed by atoms with Gasteiger partial charge >= 0.3 is 0 Å². The molecule has 0 N–H and O–H groups in total. The molecular weight excluding hydrogens is 359 g/mol. The third kappa shape index (κ3) is 3.98. The number of Topliss-reactive ketones (excluding diaryl/α,β-unsaturated/α-hetero) is 1. The number of benzene rings is 2. The first kappa shape index (κ1) is 15.9. The number of rotatable bonds is 5. The van der Waals surface area contributed by atoms with Crippen molar-refractivity contribution in [2.45, 2.75) is 11.3 Å². The molecule has 0 aromatic heterocycles. The van der Waals surface area contributed by atoms with Gasteiger partial charge in [-0.3, -0.25) is 4.79 Å². The van der Waals surface area contributed by atoms with Crippen LogP contribution in [0.1, 0.15) is 16.8 Å². The number of sulfone groups is 1. The molecule has 2 rings (SSSR count). The molecule has 0 aliphatic rings.